The smallest absolute Gasteiger partial charge is 0.308 e. The number of aliphatic imine (C=N–C) groups is 1. The van der Waals surface area contributed by atoms with Crippen LogP contribution in [0.3, 0.4) is 0 Å². The van der Waals surface area contributed by atoms with Crippen molar-refractivity contribution in [3.05, 3.63) is 82.1 Å². The number of amides is 2. The van der Waals surface area contributed by atoms with Crippen molar-refractivity contribution < 1.29 is 4.79 Å². The van der Waals surface area contributed by atoms with E-state index in [2.05, 4.69) is 30.9 Å². The van der Waals surface area contributed by atoms with E-state index < -0.39 is 6.03 Å². The Morgan fingerprint density at radius 1 is 0.935 bits per heavy atom. The third-order valence-corrected chi connectivity index (χ3v) is 4.59. The molecule has 0 saturated carbocycles. The second-order valence-electron chi connectivity index (χ2n) is 7.15. The third-order valence-electron chi connectivity index (χ3n) is 4.34. The van der Waals surface area contributed by atoms with Gasteiger partial charge in [-0.25, -0.2) is 14.8 Å². The van der Waals surface area contributed by atoms with E-state index in [0.29, 0.717) is 29.6 Å². The van der Waals surface area contributed by atoms with E-state index >= 15 is 0 Å². The fourth-order valence-corrected chi connectivity index (χ4v) is 2.98. The van der Waals surface area contributed by atoms with Crippen LogP contribution in [0, 0.1) is 20.8 Å². The van der Waals surface area contributed by atoms with Gasteiger partial charge in [-0.05, 0) is 63.1 Å². The summed E-state index contributed by atoms with van der Waals surface area (Å²) in [5.41, 5.74) is 4.54. The highest BCUT2D eigenvalue weighted by atomic mass is 35.5. The normalized spacial score (nSPS) is 11.2. The molecule has 0 bridgehead atoms. The first-order chi connectivity index (χ1) is 14.9. The Morgan fingerprint density at radius 3 is 2.23 bits per heavy atom. The minimum absolute atomic E-state index is 0.267. The Bertz CT molecular complexity index is 1040. The van der Waals surface area contributed by atoms with Gasteiger partial charge in [0.1, 0.15) is 0 Å². The van der Waals surface area contributed by atoms with Gasteiger partial charge in [0.25, 0.3) is 0 Å². The van der Waals surface area contributed by atoms with Gasteiger partial charge in [0.05, 0.1) is 0 Å². The molecule has 160 valence electrons. The second-order valence-corrected chi connectivity index (χ2v) is 7.59. The quantitative estimate of drug-likeness (QED) is 0.392. The number of hydrogen-bond acceptors (Lipinski definition) is 4. The van der Waals surface area contributed by atoms with Crippen molar-refractivity contribution in [2.45, 2.75) is 27.2 Å². The lowest BCUT2D eigenvalue weighted by molar-refractivity contribution is 0.256. The van der Waals surface area contributed by atoms with Gasteiger partial charge in [0, 0.05) is 28.6 Å². The van der Waals surface area contributed by atoms with Crippen LogP contribution in [0.5, 0.6) is 0 Å². The van der Waals surface area contributed by atoms with Gasteiger partial charge >= 0.3 is 6.03 Å². The largest absolute Gasteiger partial charge is 0.326 e. The van der Waals surface area contributed by atoms with Crippen molar-refractivity contribution in [3.8, 4) is 0 Å². The molecule has 0 aliphatic rings. The molecule has 3 aromatic rings. The van der Waals surface area contributed by atoms with Gasteiger partial charge in [-0.2, -0.15) is 0 Å². The number of hydrogen-bond donors (Lipinski definition) is 3. The highest BCUT2D eigenvalue weighted by Crippen LogP contribution is 2.11. The van der Waals surface area contributed by atoms with Crippen LogP contribution >= 0.6 is 11.6 Å². The molecular formula is C23H25ClN6O. The summed E-state index contributed by atoms with van der Waals surface area (Å²) in [7, 11) is 0. The molecule has 0 atom stereocenters. The summed E-state index contributed by atoms with van der Waals surface area (Å²) in [6.45, 7) is 6.21. The number of urea groups is 1. The van der Waals surface area contributed by atoms with E-state index in [1.807, 2.05) is 75.4 Å². The van der Waals surface area contributed by atoms with Crippen molar-refractivity contribution in [1.82, 2.24) is 15.3 Å². The number of halogens is 1. The number of nitrogens with zero attached hydrogens (tertiary/aromatic N) is 3. The summed E-state index contributed by atoms with van der Waals surface area (Å²) in [6, 6.07) is 16.6. The molecule has 1 aromatic heterocycles. The lowest BCUT2D eigenvalue weighted by Crippen LogP contribution is -2.39. The zero-order valence-corrected chi connectivity index (χ0v) is 18.5. The first-order valence-electron chi connectivity index (χ1n) is 9.90. The van der Waals surface area contributed by atoms with Crippen molar-refractivity contribution >= 4 is 35.2 Å². The summed E-state index contributed by atoms with van der Waals surface area (Å²) in [6.07, 6.45) is 0.692. The molecule has 2 amide bonds. The maximum atomic E-state index is 12.5. The summed E-state index contributed by atoms with van der Waals surface area (Å²) in [5, 5.41) is 9.25. The summed E-state index contributed by atoms with van der Waals surface area (Å²) in [4.78, 5) is 25.7. The molecule has 3 rings (SSSR count). The topological polar surface area (TPSA) is 91.3 Å². The first kappa shape index (κ1) is 22.2. The molecule has 0 radical (unpaired) electrons. The van der Waals surface area contributed by atoms with Crippen LogP contribution in [0.4, 0.5) is 16.4 Å². The molecule has 0 unspecified atom stereocenters. The van der Waals surface area contributed by atoms with E-state index in [4.69, 9.17) is 11.6 Å². The van der Waals surface area contributed by atoms with Gasteiger partial charge < -0.3 is 5.32 Å². The van der Waals surface area contributed by atoms with Crippen molar-refractivity contribution in [3.63, 3.8) is 0 Å². The minimum Gasteiger partial charge on any atom is -0.308 e. The Morgan fingerprint density at radius 2 is 1.58 bits per heavy atom. The zero-order valence-electron chi connectivity index (χ0n) is 17.7. The monoisotopic (exact) mass is 436 g/mol. The first-order valence-corrected chi connectivity index (χ1v) is 10.3. The summed E-state index contributed by atoms with van der Waals surface area (Å²) < 4.78 is 0. The van der Waals surface area contributed by atoms with Crippen molar-refractivity contribution in [2.24, 2.45) is 4.99 Å². The average Bonchev–Trinajstić information content (AvgIpc) is 2.70. The van der Waals surface area contributed by atoms with Gasteiger partial charge in [0.2, 0.25) is 11.9 Å². The maximum Gasteiger partial charge on any atom is 0.326 e. The number of anilines is 2. The predicted octanol–water partition coefficient (Wildman–Crippen LogP) is 4.89. The molecule has 1 heterocycles. The number of carbonyl (C=O) groups excluding carboxylic acids is 1. The molecule has 3 N–H and O–H groups in total. The number of guanidine groups is 1. The van der Waals surface area contributed by atoms with Crippen LogP contribution in [-0.2, 0) is 6.42 Å². The number of benzene rings is 2. The minimum atomic E-state index is -0.411. The summed E-state index contributed by atoms with van der Waals surface area (Å²) >= 11 is 5.94. The van der Waals surface area contributed by atoms with Crippen LogP contribution in [0.1, 0.15) is 22.5 Å². The van der Waals surface area contributed by atoms with E-state index in [1.165, 1.54) is 0 Å². The van der Waals surface area contributed by atoms with E-state index in [-0.39, 0.29) is 5.96 Å². The van der Waals surface area contributed by atoms with Gasteiger partial charge in [-0.3, -0.25) is 15.6 Å². The lowest BCUT2D eigenvalue weighted by atomic mass is 10.1. The molecule has 2 aromatic carbocycles. The Balaban J connectivity index is 1.71. The fourth-order valence-electron chi connectivity index (χ4n) is 2.85. The van der Waals surface area contributed by atoms with Crippen LogP contribution in [0.15, 0.2) is 59.6 Å². The molecule has 0 fully saturated rings. The van der Waals surface area contributed by atoms with Crippen LogP contribution in [0.2, 0.25) is 5.02 Å². The Labute approximate surface area is 187 Å². The van der Waals surface area contributed by atoms with E-state index in [9.17, 15) is 4.79 Å². The molecular weight excluding hydrogens is 412 g/mol. The van der Waals surface area contributed by atoms with Gasteiger partial charge in [0.15, 0.2) is 0 Å². The highest BCUT2D eigenvalue weighted by Gasteiger charge is 2.09. The van der Waals surface area contributed by atoms with E-state index in [0.717, 1.165) is 22.5 Å². The predicted molar refractivity (Wildman–Crippen MR) is 126 cm³/mol. The van der Waals surface area contributed by atoms with Gasteiger partial charge in [-0.1, -0.05) is 41.4 Å². The van der Waals surface area contributed by atoms with Crippen molar-refractivity contribution in [2.75, 3.05) is 17.2 Å². The SMILES string of the molecule is Cc1ccc(NC(=O)NC(=NCCc2ccc(Cl)cc2)Nc2nc(C)cc(C)n2)cc1. The molecule has 0 spiro atoms. The molecule has 31 heavy (non-hydrogen) atoms. The van der Waals surface area contributed by atoms with Crippen molar-refractivity contribution in [1.29, 1.82) is 0 Å². The van der Waals surface area contributed by atoms with Crippen LogP contribution < -0.4 is 16.0 Å². The molecule has 0 saturated heterocycles. The number of aryl methyl sites for hydroxylation is 3. The molecule has 0 aliphatic carbocycles. The Hall–Kier alpha value is -3.45. The number of rotatable bonds is 5. The maximum absolute atomic E-state index is 12.5. The molecule has 0 aliphatic heterocycles. The number of aromatic nitrogens is 2. The Kier molecular flexibility index (Phi) is 7.56. The van der Waals surface area contributed by atoms with E-state index in [1.54, 1.807) is 0 Å². The second kappa shape index (κ2) is 10.5. The van der Waals surface area contributed by atoms with Crippen LogP contribution in [-0.4, -0.2) is 28.5 Å². The molecule has 7 nitrogen and oxygen atoms in total. The number of nitrogens with one attached hydrogen (secondary N) is 3. The zero-order chi connectivity index (χ0) is 22.2. The average molecular weight is 437 g/mol. The lowest BCUT2D eigenvalue weighted by Gasteiger charge is -2.12. The number of carbonyl (C=O) groups is 1. The van der Waals surface area contributed by atoms with Crippen LogP contribution in [0.25, 0.3) is 0 Å². The molecule has 8 heteroatoms. The fraction of sp³-hybridized carbons (Fsp3) is 0.217. The van der Waals surface area contributed by atoms with Gasteiger partial charge in [-0.15, -0.1) is 0 Å². The third kappa shape index (κ3) is 7.38. The highest BCUT2D eigenvalue weighted by molar-refractivity contribution is 6.30. The summed E-state index contributed by atoms with van der Waals surface area (Å²) in [5.74, 6) is 0.641. The standard InChI is InChI=1S/C23H25ClN6O/c1-15-4-10-20(11-5-15)28-23(31)30-21(29-22-26-16(2)14-17(3)27-22)25-13-12-18-6-8-19(24)9-7-18/h4-11,14H,12-13H2,1-3H3,(H3,25,26,27,28,29,30,31).